The van der Waals surface area contributed by atoms with Crippen molar-refractivity contribution in [3.8, 4) is 0 Å². The summed E-state index contributed by atoms with van der Waals surface area (Å²) in [7, 11) is 0. The van der Waals surface area contributed by atoms with Crippen molar-refractivity contribution >= 4 is 64.6 Å². The van der Waals surface area contributed by atoms with Gasteiger partial charge in [0.05, 0.1) is 0 Å². The Morgan fingerprint density at radius 2 is 0.500 bits per heavy atom. The summed E-state index contributed by atoms with van der Waals surface area (Å²) in [6.07, 6.45) is 25.8. The van der Waals surface area contributed by atoms with Crippen molar-refractivity contribution in [1.29, 1.82) is 0 Å². The molecule has 0 saturated heterocycles. The second-order valence-electron chi connectivity index (χ2n) is 15.0. The third kappa shape index (κ3) is 8.01. The predicted molar refractivity (Wildman–Crippen MR) is 244 cm³/mol. The van der Waals surface area contributed by atoms with Gasteiger partial charge in [-0.25, -0.2) is 0 Å². The Labute approximate surface area is 369 Å². The van der Waals surface area contributed by atoms with Crippen LogP contribution in [0, 0.1) is 55.1 Å². The van der Waals surface area contributed by atoms with Gasteiger partial charge in [0.15, 0.2) is 0 Å². The Kier molecular flexibility index (Phi) is 11.1. The van der Waals surface area contributed by atoms with Crippen LogP contribution in [0.5, 0.6) is 0 Å². The number of allylic oxidation sites excluding steroid dienone is 12. The third-order valence-electron chi connectivity index (χ3n) is 11.2. The maximum absolute atomic E-state index is 3.56. The fraction of sp³-hybridized carbons (Fsp3) is 0.0526. The van der Waals surface area contributed by atoms with Crippen molar-refractivity contribution in [3.05, 3.63) is 253 Å². The van der Waals surface area contributed by atoms with Gasteiger partial charge in [0, 0.05) is 17.8 Å². The predicted octanol–water partition coefficient (Wildman–Crippen LogP) is 15.0. The number of hydrogen-bond donors (Lipinski definition) is 0. The molecule has 0 heterocycles. The number of rotatable bonds is 3. The first-order valence-electron chi connectivity index (χ1n) is 19.8. The minimum absolute atomic E-state index is 0. The van der Waals surface area contributed by atoms with Crippen LogP contribution in [-0.2, 0) is 0 Å². The van der Waals surface area contributed by atoms with E-state index >= 15 is 0 Å². The molecule has 0 amide bonds. The first kappa shape index (κ1) is 37.8. The van der Waals surface area contributed by atoms with Gasteiger partial charge in [-0.3, -0.25) is 0 Å². The molecule has 0 atom stereocenters. The van der Waals surface area contributed by atoms with E-state index in [0.29, 0.717) is 17.8 Å². The molecule has 3 aliphatic rings. The molecule has 0 nitrogen and oxygen atoms in total. The normalized spacial score (nSPS) is 14.5. The number of hydrogen-bond acceptors (Lipinski definition) is 0. The monoisotopic (exact) mass is 898 g/mol. The summed E-state index contributed by atoms with van der Waals surface area (Å²) in [5, 5.41) is 15.1. The molecule has 1 heteroatoms. The fourth-order valence-corrected chi connectivity index (χ4v) is 8.14. The summed E-state index contributed by atoms with van der Waals surface area (Å²) >= 11 is 0. The minimum atomic E-state index is 0. The van der Waals surface area contributed by atoms with Gasteiger partial charge < -0.3 is 0 Å². The Bertz CT molecular complexity index is 2780. The first-order chi connectivity index (χ1) is 28.2. The molecule has 0 radical (unpaired) electrons. The van der Waals surface area contributed by atoms with Crippen molar-refractivity contribution < 1.29 is 36.9 Å². The van der Waals surface area contributed by atoms with E-state index in [9.17, 15) is 0 Å². The second-order valence-corrected chi connectivity index (χ2v) is 15.0. The number of benzene rings is 9. The molecular formula is C57H39Lu. The van der Waals surface area contributed by atoms with Gasteiger partial charge in [0.2, 0.25) is 0 Å². The van der Waals surface area contributed by atoms with Gasteiger partial charge in [-0.15, -0.1) is 122 Å². The largest absolute Gasteiger partial charge is 3.00 e. The van der Waals surface area contributed by atoms with Crippen LogP contribution in [0.25, 0.3) is 64.6 Å². The van der Waals surface area contributed by atoms with Gasteiger partial charge in [-0.2, -0.15) is 0 Å². The van der Waals surface area contributed by atoms with Crippen LogP contribution < -0.4 is 0 Å². The van der Waals surface area contributed by atoms with Crippen LogP contribution >= 0.6 is 0 Å². The molecular weight excluding hydrogens is 860 g/mol. The van der Waals surface area contributed by atoms with Crippen LogP contribution in [0.1, 0.15) is 34.4 Å². The molecule has 9 aromatic carbocycles. The van der Waals surface area contributed by atoms with Crippen molar-refractivity contribution in [2.75, 3.05) is 0 Å². The Balaban J connectivity index is 0.000000112. The molecule has 0 unspecified atom stereocenters. The van der Waals surface area contributed by atoms with Crippen molar-refractivity contribution in [2.24, 2.45) is 0 Å². The molecule has 58 heavy (non-hydrogen) atoms. The van der Waals surface area contributed by atoms with Gasteiger partial charge >= 0.3 is 36.9 Å². The fourth-order valence-electron chi connectivity index (χ4n) is 8.14. The van der Waals surface area contributed by atoms with E-state index in [1.165, 1.54) is 81.3 Å². The summed E-state index contributed by atoms with van der Waals surface area (Å²) in [5.74, 6) is 1.16. The van der Waals surface area contributed by atoms with Crippen molar-refractivity contribution in [2.45, 2.75) is 17.8 Å². The van der Waals surface area contributed by atoms with Crippen LogP contribution in [-0.4, -0.2) is 0 Å². The standard InChI is InChI=1S/3C19H13.Lu/c3*1-2-6-14(5-1)17-9-10-18-11-15-7-3-4-8-16(15)12-19(18)13-17;/h3*1-12,14H;/q3*-1;+3. The molecule has 0 saturated carbocycles. The van der Waals surface area contributed by atoms with E-state index in [4.69, 9.17) is 0 Å². The number of fused-ring (bicyclic) bond motifs is 6. The quantitative estimate of drug-likeness (QED) is 0.122. The average molecular weight is 899 g/mol. The summed E-state index contributed by atoms with van der Waals surface area (Å²) in [4.78, 5) is 0. The van der Waals surface area contributed by atoms with Crippen molar-refractivity contribution in [1.82, 2.24) is 0 Å². The zero-order valence-corrected chi connectivity index (χ0v) is 33.4. The zero-order chi connectivity index (χ0) is 38.0. The Morgan fingerprint density at radius 3 is 0.759 bits per heavy atom. The van der Waals surface area contributed by atoms with Crippen LogP contribution in [0.15, 0.2) is 219 Å². The van der Waals surface area contributed by atoms with E-state index < -0.39 is 0 Å². The maximum Gasteiger partial charge on any atom is 3.00 e. The van der Waals surface area contributed by atoms with E-state index in [-0.39, 0.29) is 36.9 Å². The molecule has 12 rings (SSSR count). The zero-order valence-electron chi connectivity index (χ0n) is 31.8. The van der Waals surface area contributed by atoms with Crippen LogP contribution in [0.2, 0.25) is 0 Å². The smallest absolute Gasteiger partial charge is 0.142 e. The molecule has 0 bridgehead atoms. The summed E-state index contributed by atoms with van der Waals surface area (Å²) in [5.41, 5.74) is 3.73. The van der Waals surface area contributed by atoms with Gasteiger partial charge in [-0.1, -0.05) is 180 Å². The van der Waals surface area contributed by atoms with E-state index in [1.807, 2.05) is 0 Å². The van der Waals surface area contributed by atoms with E-state index in [0.717, 1.165) is 0 Å². The van der Waals surface area contributed by atoms with E-state index in [1.54, 1.807) is 0 Å². The van der Waals surface area contributed by atoms with Crippen molar-refractivity contribution in [3.63, 3.8) is 0 Å². The molecule has 0 spiro atoms. The SMILES string of the molecule is [Lu+3].[c-]1c(C2C=CC=C2)ccc2cc3ccccc3cc12.[c-]1c(C2C=CC=C2)ccc2cc3ccccc3cc12.[c-]1c(C2C=CC=C2)ccc2cc3ccccc3cc12. The van der Waals surface area contributed by atoms with Crippen LogP contribution in [0.3, 0.4) is 0 Å². The molecule has 0 aliphatic heterocycles. The Morgan fingerprint density at radius 1 is 0.259 bits per heavy atom. The summed E-state index contributed by atoms with van der Waals surface area (Å²) in [6, 6.07) is 62.7. The average Bonchev–Trinajstić information content (AvgIpc) is 4.10. The van der Waals surface area contributed by atoms with Gasteiger partial charge in [0.25, 0.3) is 0 Å². The molecule has 0 N–H and O–H groups in total. The first-order valence-corrected chi connectivity index (χ1v) is 19.8. The van der Waals surface area contributed by atoms with E-state index in [2.05, 4.69) is 237 Å². The topological polar surface area (TPSA) is 0 Å². The van der Waals surface area contributed by atoms with Crippen LogP contribution in [0.4, 0.5) is 0 Å². The van der Waals surface area contributed by atoms with Gasteiger partial charge in [0.1, 0.15) is 0 Å². The molecule has 0 fully saturated rings. The maximum atomic E-state index is 3.56. The second kappa shape index (κ2) is 17.0. The molecule has 3 aliphatic carbocycles. The minimum Gasteiger partial charge on any atom is -0.142 e. The summed E-state index contributed by atoms with van der Waals surface area (Å²) < 4.78 is 0. The summed E-state index contributed by atoms with van der Waals surface area (Å²) in [6.45, 7) is 0. The molecule has 9 aromatic rings. The van der Waals surface area contributed by atoms with Gasteiger partial charge in [-0.05, 0) is 16.2 Å². The molecule has 0 aromatic heterocycles. The third-order valence-corrected chi connectivity index (χ3v) is 11.2. The Hall–Kier alpha value is -5.79. The molecule has 282 valence electrons.